The summed E-state index contributed by atoms with van der Waals surface area (Å²) in [6, 6.07) is 25.4. The van der Waals surface area contributed by atoms with Crippen molar-refractivity contribution in [2.45, 2.75) is 19.4 Å². The first-order valence-electron chi connectivity index (χ1n) is 10.1. The highest BCUT2D eigenvalue weighted by Gasteiger charge is 2.19. The number of oxime groups is 1. The number of hydrogen-bond acceptors (Lipinski definition) is 5. The molecule has 0 amide bonds. The lowest BCUT2D eigenvalue weighted by atomic mass is 10.0. The third kappa shape index (κ3) is 4.56. The van der Waals surface area contributed by atoms with Crippen molar-refractivity contribution in [1.82, 2.24) is 15.2 Å². The van der Waals surface area contributed by atoms with Gasteiger partial charge in [-0.1, -0.05) is 66.7 Å². The second-order valence-electron chi connectivity index (χ2n) is 7.15. The van der Waals surface area contributed by atoms with E-state index in [9.17, 15) is 0 Å². The molecule has 0 aliphatic heterocycles. The third-order valence-corrected chi connectivity index (χ3v) is 5.10. The molecule has 5 N–H and O–H groups in total. The lowest BCUT2D eigenvalue weighted by Gasteiger charge is -2.19. The SMILES string of the molecule is CCc1cccc(C(Nc2ccc(C(N)=NO)cc2)c2nc(-c3ccccc3)n[nH]2)c1. The molecule has 156 valence electrons. The number of aryl methyl sites for hydroxylation is 1. The number of H-pyrrole nitrogens is 1. The molecule has 4 rings (SSSR count). The minimum atomic E-state index is -0.230. The predicted molar refractivity (Wildman–Crippen MR) is 122 cm³/mol. The van der Waals surface area contributed by atoms with Gasteiger partial charge < -0.3 is 16.3 Å². The van der Waals surface area contributed by atoms with Crippen molar-refractivity contribution in [3.05, 3.63) is 101 Å². The molecule has 31 heavy (non-hydrogen) atoms. The molecular formula is C24H24N6O. The fourth-order valence-electron chi connectivity index (χ4n) is 3.38. The van der Waals surface area contributed by atoms with Crippen LogP contribution in [0.25, 0.3) is 11.4 Å². The van der Waals surface area contributed by atoms with Crippen molar-refractivity contribution < 1.29 is 5.21 Å². The molecule has 0 radical (unpaired) electrons. The number of aromatic amines is 1. The molecular weight excluding hydrogens is 388 g/mol. The van der Waals surface area contributed by atoms with E-state index in [-0.39, 0.29) is 11.9 Å². The van der Waals surface area contributed by atoms with E-state index in [1.807, 2.05) is 42.5 Å². The van der Waals surface area contributed by atoms with Crippen LogP contribution in [0.4, 0.5) is 5.69 Å². The lowest BCUT2D eigenvalue weighted by Crippen LogP contribution is -2.15. The Morgan fingerprint density at radius 2 is 1.84 bits per heavy atom. The maximum absolute atomic E-state index is 8.87. The van der Waals surface area contributed by atoms with Crippen LogP contribution in [0.15, 0.2) is 84.0 Å². The number of nitrogens with zero attached hydrogens (tertiary/aromatic N) is 3. The summed E-state index contributed by atoms with van der Waals surface area (Å²) in [4.78, 5) is 4.77. The topological polar surface area (TPSA) is 112 Å². The van der Waals surface area contributed by atoms with Crippen LogP contribution in [0, 0.1) is 0 Å². The van der Waals surface area contributed by atoms with Gasteiger partial charge in [0.1, 0.15) is 6.04 Å². The highest BCUT2D eigenvalue weighted by atomic mass is 16.4. The highest BCUT2D eigenvalue weighted by Crippen LogP contribution is 2.27. The van der Waals surface area contributed by atoms with Crippen molar-refractivity contribution in [2.24, 2.45) is 10.9 Å². The van der Waals surface area contributed by atoms with Crippen LogP contribution in [-0.4, -0.2) is 26.2 Å². The number of nitrogens with one attached hydrogen (secondary N) is 2. The van der Waals surface area contributed by atoms with Crippen molar-refractivity contribution in [3.8, 4) is 11.4 Å². The molecule has 0 aliphatic rings. The Kier molecular flexibility index (Phi) is 5.93. The number of anilines is 1. The second-order valence-corrected chi connectivity index (χ2v) is 7.15. The van der Waals surface area contributed by atoms with Gasteiger partial charge in [0.2, 0.25) is 0 Å². The van der Waals surface area contributed by atoms with E-state index in [1.54, 1.807) is 12.1 Å². The van der Waals surface area contributed by atoms with Gasteiger partial charge in [-0.15, -0.1) is 0 Å². The summed E-state index contributed by atoms with van der Waals surface area (Å²) < 4.78 is 0. The minimum Gasteiger partial charge on any atom is -0.409 e. The standard InChI is InChI=1S/C24H24N6O/c1-2-16-7-6-10-19(15-16)21(26-20-13-11-17(12-14-20)22(25)30-31)24-27-23(28-29-24)18-8-4-3-5-9-18/h3-15,21,26,31H,2H2,1H3,(H2,25,30)(H,27,28,29). The van der Waals surface area contributed by atoms with Gasteiger partial charge in [-0.25, -0.2) is 4.98 Å². The van der Waals surface area contributed by atoms with Crippen LogP contribution >= 0.6 is 0 Å². The normalized spacial score (nSPS) is 12.5. The molecule has 7 heteroatoms. The predicted octanol–water partition coefficient (Wildman–Crippen LogP) is 4.33. The van der Waals surface area contributed by atoms with Crippen LogP contribution in [0.2, 0.25) is 0 Å². The largest absolute Gasteiger partial charge is 0.409 e. The van der Waals surface area contributed by atoms with E-state index in [0.717, 1.165) is 23.2 Å². The molecule has 0 saturated heterocycles. The van der Waals surface area contributed by atoms with Crippen molar-refractivity contribution in [3.63, 3.8) is 0 Å². The Morgan fingerprint density at radius 1 is 1.06 bits per heavy atom. The Labute approximate surface area is 180 Å². The highest BCUT2D eigenvalue weighted by molar-refractivity contribution is 5.97. The molecule has 7 nitrogen and oxygen atoms in total. The van der Waals surface area contributed by atoms with Crippen LogP contribution in [0.3, 0.4) is 0 Å². The van der Waals surface area contributed by atoms with Gasteiger partial charge in [-0.2, -0.15) is 5.10 Å². The summed E-state index contributed by atoms with van der Waals surface area (Å²) >= 11 is 0. The molecule has 0 aliphatic carbocycles. The minimum absolute atomic E-state index is 0.0708. The first-order chi connectivity index (χ1) is 15.2. The van der Waals surface area contributed by atoms with E-state index in [1.165, 1.54) is 5.56 Å². The molecule has 3 aromatic carbocycles. The van der Waals surface area contributed by atoms with E-state index in [0.29, 0.717) is 17.2 Å². The van der Waals surface area contributed by atoms with Gasteiger partial charge in [-0.3, -0.25) is 5.10 Å². The van der Waals surface area contributed by atoms with Crippen LogP contribution < -0.4 is 11.1 Å². The summed E-state index contributed by atoms with van der Waals surface area (Å²) in [5.74, 6) is 1.44. The third-order valence-electron chi connectivity index (χ3n) is 5.10. The summed E-state index contributed by atoms with van der Waals surface area (Å²) in [6.07, 6.45) is 0.945. The van der Waals surface area contributed by atoms with Crippen molar-refractivity contribution in [1.29, 1.82) is 0 Å². The smallest absolute Gasteiger partial charge is 0.181 e. The first kappa shape index (κ1) is 20.2. The molecule has 0 fully saturated rings. The Hall–Kier alpha value is -4.13. The summed E-state index contributed by atoms with van der Waals surface area (Å²) in [7, 11) is 0. The fraction of sp³-hybridized carbons (Fsp3) is 0.125. The average Bonchev–Trinajstić information content (AvgIpc) is 3.33. The quantitative estimate of drug-likeness (QED) is 0.156. The Balaban J connectivity index is 1.69. The van der Waals surface area contributed by atoms with Crippen LogP contribution in [0.1, 0.15) is 35.5 Å². The Morgan fingerprint density at radius 3 is 2.55 bits per heavy atom. The van der Waals surface area contributed by atoms with E-state index >= 15 is 0 Å². The molecule has 4 aromatic rings. The van der Waals surface area contributed by atoms with Crippen molar-refractivity contribution in [2.75, 3.05) is 5.32 Å². The van der Waals surface area contributed by atoms with Gasteiger partial charge in [0.25, 0.3) is 0 Å². The van der Waals surface area contributed by atoms with Gasteiger partial charge in [-0.05, 0) is 41.8 Å². The molecule has 1 aromatic heterocycles. The summed E-state index contributed by atoms with van der Waals surface area (Å²) in [6.45, 7) is 2.13. The summed E-state index contributed by atoms with van der Waals surface area (Å²) in [5, 5.41) is 23.0. The first-order valence-corrected chi connectivity index (χ1v) is 10.1. The Bertz CT molecular complexity index is 1170. The van der Waals surface area contributed by atoms with Crippen molar-refractivity contribution >= 4 is 11.5 Å². The average molecular weight is 412 g/mol. The molecule has 0 saturated carbocycles. The van der Waals surface area contributed by atoms with Gasteiger partial charge in [0.15, 0.2) is 17.5 Å². The van der Waals surface area contributed by atoms with Gasteiger partial charge in [0, 0.05) is 16.8 Å². The van der Waals surface area contributed by atoms with Gasteiger partial charge in [0.05, 0.1) is 0 Å². The maximum atomic E-state index is 8.87. The zero-order chi connectivity index (χ0) is 21.6. The lowest BCUT2D eigenvalue weighted by molar-refractivity contribution is 0.318. The zero-order valence-corrected chi connectivity index (χ0v) is 17.2. The number of hydrogen-bond donors (Lipinski definition) is 4. The molecule has 0 spiro atoms. The maximum Gasteiger partial charge on any atom is 0.181 e. The summed E-state index contributed by atoms with van der Waals surface area (Å²) in [5.41, 5.74) is 10.5. The monoisotopic (exact) mass is 412 g/mol. The molecule has 0 bridgehead atoms. The number of rotatable bonds is 7. The number of aromatic nitrogens is 3. The van der Waals surface area contributed by atoms with E-state index in [4.69, 9.17) is 15.9 Å². The zero-order valence-electron chi connectivity index (χ0n) is 17.2. The van der Waals surface area contributed by atoms with Crippen LogP contribution in [0.5, 0.6) is 0 Å². The number of amidine groups is 1. The van der Waals surface area contributed by atoms with Gasteiger partial charge >= 0.3 is 0 Å². The molecule has 1 atom stereocenters. The number of nitrogens with two attached hydrogens (primary N) is 1. The fourth-order valence-corrected chi connectivity index (χ4v) is 3.38. The number of benzene rings is 3. The van der Waals surface area contributed by atoms with E-state index in [2.05, 4.69) is 51.9 Å². The molecule has 1 heterocycles. The second kappa shape index (κ2) is 9.13. The van der Waals surface area contributed by atoms with E-state index < -0.39 is 0 Å². The van der Waals surface area contributed by atoms with Crippen LogP contribution in [-0.2, 0) is 6.42 Å². The molecule has 1 unspecified atom stereocenters.